The van der Waals surface area contributed by atoms with E-state index in [9.17, 15) is 28.1 Å². The zero-order valence-electron chi connectivity index (χ0n) is 17.8. The van der Waals surface area contributed by atoms with Crippen molar-refractivity contribution in [1.29, 1.82) is 0 Å². The van der Waals surface area contributed by atoms with Gasteiger partial charge < -0.3 is 9.80 Å². The standard InChI is InChI=1S/C22H24F3N3O3S/c1-26(14-15-3-6-18(32-2)7-4-15)21(29)16-9-11-27(12-10-16)19-8-5-17(22(23,24)25)13-20(19)28(30)31/h3-8,13,16H,9-12,14H2,1-2H3. The van der Waals surface area contributed by atoms with Gasteiger partial charge >= 0.3 is 6.18 Å². The maximum atomic E-state index is 12.9. The number of alkyl halides is 3. The van der Waals surface area contributed by atoms with Crippen LogP contribution in [-0.4, -0.2) is 42.1 Å². The topological polar surface area (TPSA) is 66.7 Å². The number of carbonyl (C=O) groups is 1. The number of rotatable bonds is 6. The predicted molar refractivity (Wildman–Crippen MR) is 118 cm³/mol. The molecule has 3 rings (SSSR count). The molecule has 1 amide bonds. The van der Waals surface area contributed by atoms with Gasteiger partial charge in [0, 0.05) is 43.6 Å². The first kappa shape index (κ1) is 23.9. The van der Waals surface area contributed by atoms with Crippen molar-refractivity contribution in [2.24, 2.45) is 5.92 Å². The van der Waals surface area contributed by atoms with Gasteiger partial charge in [0.15, 0.2) is 0 Å². The molecule has 0 spiro atoms. The highest BCUT2D eigenvalue weighted by molar-refractivity contribution is 7.98. The van der Waals surface area contributed by atoms with Crippen LogP contribution in [0.2, 0.25) is 0 Å². The van der Waals surface area contributed by atoms with Crippen molar-refractivity contribution in [2.75, 3.05) is 31.3 Å². The molecular weight excluding hydrogens is 443 g/mol. The summed E-state index contributed by atoms with van der Waals surface area (Å²) in [4.78, 5) is 27.9. The molecule has 0 radical (unpaired) electrons. The molecule has 2 aromatic carbocycles. The fourth-order valence-electron chi connectivity index (χ4n) is 3.88. The van der Waals surface area contributed by atoms with Crippen molar-refractivity contribution in [3.05, 3.63) is 63.7 Å². The Morgan fingerprint density at radius 3 is 2.34 bits per heavy atom. The second-order valence-electron chi connectivity index (χ2n) is 7.76. The van der Waals surface area contributed by atoms with E-state index in [4.69, 9.17) is 0 Å². The van der Waals surface area contributed by atoms with Gasteiger partial charge in [0.25, 0.3) is 5.69 Å². The minimum absolute atomic E-state index is 0.000474. The summed E-state index contributed by atoms with van der Waals surface area (Å²) < 4.78 is 38.8. The van der Waals surface area contributed by atoms with Crippen LogP contribution < -0.4 is 4.90 Å². The SMILES string of the molecule is CSc1ccc(CN(C)C(=O)C2CCN(c3ccc(C(F)(F)F)cc3[N+](=O)[O-])CC2)cc1. The number of hydrogen-bond donors (Lipinski definition) is 0. The summed E-state index contributed by atoms with van der Waals surface area (Å²) in [6, 6.07) is 10.6. The summed E-state index contributed by atoms with van der Waals surface area (Å²) in [5, 5.41) is 11.4. The Balaban J connectivity index is 1.64. The first-order valence-electron chi connectivity index (χ1n) is 10.1. The van der Waals surface area contributed by atoms with Crippen LogP contribution in [0.25, 0.3) is 0 Å². The normalized spacial score (nSPS) is 15.0. The Bertz CT molecular complexity index is 975. The summed E-state index contributed by atoms with van der Waals surface area (Å²) in [6.07, 6.45) is -1.70. The highest BCUT2D eigenvalue weighted by Crippen LogP contribution is 2.37. The lowest BCUT2D eigenvalue weighted by Crippen LogP contribution is -2.41. The van der Waals surface area contributed by atoms with Gasteiger partial charge in [-0.15, -0.1) is 11.8 Å². The summed E-state index contributed by atoms with van der Waals surface area (Å²) in [5.41, 5.74) is -0.451. The number of nitro benzene ring substituents is 1. The zero-order chi connectivity index (χ0) is 23.5. The largest absolute Gasteiger partial charge is 0.416 e. The van der Waals surface area contributed by atoms with E-state index in [2.05, 4.69) is 0 Å². The maximum absolute atomic E-state index is 12.9. The fraction of sp³-hybridized carbons (Fsp3) is 0.409. The van der Waals surface area contributed by atoms with Crippen LogP contribution in [0.1, 0.15) is 24.0 Å². The third-order valence-electron chi connectivity index (χ3n) is 5.64. The maximum Gasteiger partial charge on any atom is 0.416 e. The average molecular weight is 468 g/mol. The van der Waals surface area contributed by atoms with E-state index in [1.54, 1.807) is 28.6 Å². The fourth-order valence-corrected chi connectivity index (χ4v) is 4.28. The molecule has 0 unspecified atom stereocenters. The summed E-state index contributed by atoms with van der Waals surface area (Å²) in [5.74, 6) is -0.226. The molecule has 0 aliphatic carbocycles. The van der Waals surface area contributed by atoms with Gasteiger partial charge in [-0.2, -0.15) is 13.2 Å². The average Bonchev–Trinajstić information content (AvgIpc) is 2.78. The minimum atomic E-state index is -4.65. The third kappa shape index (κ3) is 5.53. The van der Waals surface area contributed by atoms with Crippen LogP contribution >= 0.6 is 11.8 Å². The van der Waals surface area contributed by atoms with Gasteiger partial charge in [-0.25, -0.2) is 0 Å². The molecule has 6 nitrogen and oxygen atoms in total. The second-order valence-corrected chi connectivity index (χ2v) is 8.64. The Morgan fingerprint density at radius 2 is 1.81 bits per heavy atom. The van der Waals surface area contributed by atoms with E-state index in [1.165, 1.54) is 0 Å². The molecular formula is C22H24F3N3O3S. The van der Waals surface area contributed by atoms with E-state index in [-0.39, 0.29) is 17.5 Å². The number of anilines is 1. The van der Waals surface area contributed by atoms with Gasteiger partial charge in [-0.05, 0) is 48.9 Å². The quantitative estimate of drug-likeness (QED) is 0.331. The first-order chi connectivity index (χ1) is 15.1. The lowest BCUT2D eigenvalue weighted by molar-refractivity contribution is -0.384. The van der Waals surface area contributed by atoms with Crippen molar-refractivity contribution in [2.45, 2.75) is 30.5 Å². The smallest absolute Gasteiger partial charge is 0.366 e. The summed E-state index contributed by atoms with van der Waals surface area (Å²) in [7, 11) is 1.75. The van der Waals surface area contributed by atoms with Gasteiger partial charge in [0.1, 0.15) is 5.69 Å². The number of nitro groups is 1. The lowest BCUT2D eigenvalue weighted by Gasteiger charge is -2.34. The van der Waals surface area contributed by atoms with Crippen molar-refractivity contribution in [1.82, 2.24) is 4.90 Å². The van der Waals surface area contributed by atoms with Gasteiger partial charge in [-0.3, -0.25) is 14.9 Å². The molecule has 1 fully saturated rings. The number of piperidine rings is 1. The van der Waals surface area contributed by atoms with Gasteiger partial charge in [0.05, 0.1) is 10.5 Å². The monoisotopic (exact) mass is 467 g/mol. The third-order valence-corrected chi connectivity index (χ3v) is 6.38. The number of nitrogens with zero attached hydrogens (tertiary/aromatic N) is 3. The zero-order valence-corrected chi connectivity index (χ0v) is 18.6. The van der Waals surface area contributed by atoms with E-state index in [0.717, 1.165) is 22.6 Å². The van der Waals surface area contributed by atoms with E-state index >= 15 is 0 Å². The molecule has 0 saturated carbocycles. The lowest BCUT2D eigenvalue weighted by atomic mass is 9.94. The Morgan fingerprint density at radius 1 is 1.19 bits per heavy atom. The molecule has 1 aliphatic rings. The Kier molecular flexibility index (Phi) is 7.33. The van der Waals surface area contributed by atoms with Crippen molar-refractivity contribution in [3.8, 4) is 0 Å². The molecule has 0 bridgehead atoms. The van der Waals surface area contributed by atoms with Gasteiger partial charge in [0.2, 0.25) is 5.91 Å². The van der Waals surface area contributed by atoms with Crippen molar-refractivity contribution < 1.29 is 22.9 Å². The van der Waals surface area contributed by atoms with Crippen molar-refractivity contribution >= 4 is 29.0 Å². The molecule has 172 valence electrons. The second kappa shape index (κ2) is 9.81. The van der Waals surface area contributed by atoms with Crippen LogP contribution in [0.3, 0.4) is 0 Å². The number of hydrogen-bond acceptors (Lipinski definition) is 5. The van der Waals surface area contributed by atoms with Crippen LogP contribution in [0.4, 0.5) is 24.5 Å². The first-order valence-corrected chi connectivity index (χ1v) is 11.3. The van der Waals surface area contributed by atoms with E-state index in [0.29, 0.717) is 38.5 Å². The van der Waals surface area contributed by atoms with Crippen LogP contribution in [0.15, 0.2) is 47.4 Å². The molecule has 32 heavy (non-hydrogen) atoms. The van der Waals surface area contributed by atoms with Crippen molar-refractivity contribution in [3.63, 3.8) is 0 Å². The highest BCUT2D eigenvalue weighted by Gasteiger charge is 2.35. The number of amides is 1. The molecule has 2 aromatic rings. The Hall–Kier alpha value is -2.75. The molecule has 10 heteroatoms. The predicted octanol–water partition coefficient (Wildman–Crippen LogP) is 5.21. The number of benzene rings is 2. The number of thioether (sulfide) groups is 1. The van der Waals surface area contributed by atoms with Gasteiger partial charge in [-0.1, -0.05) is 12.1 Å². The minimum Gasteiger partial charge on any atom is -0.366 e. The summed E-state index contributed by atoms with van der Waals surface area (Å²) >= 11 is 1.65. The van der Waals surface area contributed by atoms with Crippen LogP contribution in [0.5, 0.6) is 0 Å². The highest BCUT2D eigenvalue weighted by atomic mass is 32.2. The van der Waals surface area contributed by atoms with E-state index in [1.807, 2.05) is 30.5 Å². The molecule has 1 saturated heterocycles. The van der Waals surface area contributed by atoms with E-state index < -0.39 is 22.4 Å². The Labute approximate surface area is 188 Å². The number of carbonyl (C=O) groups excluding carboxylic acids is 1. The van der Waals surface area contributed by atoms with Crippen LogP contribution in [-0.2, 0) is 17.5 Å². The molecule has 0 aromatic heterocycles. The number of halogens is 3. The molecule has 1 aliphatic heterocycles. The molecule has 0 N–H and O–H groups in total. The van der Waals surface area contributed by atoms with Crippen LogP contribution in [0, 0.1) is 16.0 Å². The molecule has 0 atom stereocenters. The summed E-state index contributed by atoms with van der Waals surface area (Å²) in [6.45, 7) is 1.20. The molecule has 1 heterocycles.